The van der Waals surface area contributed by atoms with Gasteiger partial charge in [-0.1, -0.05) is 18.2 Å². The number of rotatable bonds is 2. The van der Waals surface area contributed by atoms with Crippen molar-refractivity contribution >= 4 is 23.5 Å². The average molecular weight is 258 g/mol. The first-order valence-electron chi connectivity index (χ1n) is 5.11. The maximum absolute atomic E-state index is 12.2. The van der Waals surface area contributed by atoms with Crippen molar-refractivity contribution in [1.29, 1.82) is 5.26 Å². The number of nitrogens with two attached hydrogens (primary N) is 1. The van der Waals surface area contributed by atoms with Crippen molar-refractivity contribution in [2.45, 2.75) is 5.03 Å². The Bertz CT molecular complexity index is 628. The van der Waals surface area contributed by atoms with Gasteiger partial charge in [0.15, 0.2) is 0 Å². The molecule has 0 aliphatic rings. The molecule has 2 N–H and O–H groups in total. The Morgan fingerprint density at radius 2 is 2.11 bits per heavy atom. The van der Waals surface area contributed by atoms with Crippen LogP contribution in [-0.2, 0) is 0 Å². The summed E-state index contributed by atoms with van der Waals surface area (Å²) in [5.41, 5.74) is 6.49. The van der Waals surface area contributed by atoms with Crippen LogP contribution in [0.15, 0.2) is 35.4 Å². The second kappa shape index (κ2) is 4.94. The van der Waals surface area contributed by atoms with Gasteiger partial charge in [0.2, 0.25) is 0 Å². The highest BCUT2D eigenvalue weighted by atomic mass is 32.2. The maximum Gasteiger partial charge on any atom is 0.280 e. The molecule has 0 fully saturated rings. The molecule has 0 saturated carbocycles. The highest BCUT2D eigenvalue weighted by molar-refractivity contribution is 7.98. The number of aromatic nitrogens is 2. The molecule has 0 atom stereocenters. The van der Waals surface area contributed by atoms with Crippen molar-refractivity contribution in [3.63, 3.8) is 0 Å². The van der Waals surface area contributed by atoms with Crippen molar-refractivity contribution < 1.29 is 4.79 Å². The first-order valence-corrected chi connectivity index (χ1v) is 6.34. The zero-order valence-corrected chi connectivity index (χ0v) is 10.4. The zero-order valence-electron chi connectivity index (χ0n) is 9.62. The van der Waals surface area contributed by atoms with Gasteiger partial charge >= 0.3 is 0 Å². The number of nitriles is 1. The van der Waals surface area contributed by atoms with E-state index in [0.717, 1.165) is 4.68 Å². The van der Waals surface area contributed by atoms with E-state index in [9.17, 15) is 4.79 Å². The fourth-order valence-electron chi connectivity index (χ4n) is 1.52. The Morgan fingerprint density at radius 3 is 2.61 bits per heavy atom. The molecular formula is C12H10N4OS. The largest absolute Gasteiger partial charge is 0.382 e. The number of benzene rings is 1. The SMILES string of the molecule is CSc1nn(C(=O)c2ccccc2)c(N)c1C#N. The van der Waals surface area contributed by atoms with Crippen molar-refractivity contribution in [2.24, 2.45) is 0 Å². The molecule has 1 aromatic carbocycles. The summed E-state index contributed by atoms with van der Waals surface area (Å²) in [6.07, 6.45) is 1.78. The quantitative estimate of drug-likeness (QED) is 0.829. The minimum Gasteiger partial charge on any atom is -0.382 e. The lowest BCUT2D eigenvalue weighted by Crippen LogP contribution is -2.16. The standard InChI is InChI=1S/C12H10N4OS/c1-18-11-9(7-13)10(14)16(15-11)12(17)8-5-3-2-4-6-8/h2-6H,14H2,1H3. The molecule has 0 aliphatic heterocycles. The third-order valence-electron chi connectivity index (χ3n) is 2.41. The fourth-order valence-corrected chi connectivity index (χ4v) is 2.03. The summed E-state index contributed by atoms with van der Waals surface area (Å²) in [5, 5.41) is 13.5. The molecule has 0 bridgehead atoms. The van der Waals surface area contributed by atoms with E-state index in [1.54, 1.807) is 30.5 Å². The van der Waals surface area contributed by atoms with E-state index in [0.29, 0.717) is 10.6 Å². The van der Waals surface area contributed by atoms with Gasteiger partial charge in [0, 0.05) is 5.56 Å². The fraction of sp³-hybridized carbons (Fsp3) is 0.0833. The van der Waals surface area contributed by atoms with Gasteiger partial charge in [-0.3, -0.25) is 4.79 Å². The highest BCUT2D eigenvalue weighted by Gasteiger charge is 2.19. The zero-order chi connectivity index (χ0) is 13.1. The minimum absolute atomic E-state index is 0.0794. The van der Waals surface area contributed by atoms with E-state index in [1.807, 2.05) is 12.1 Å². The summed E-state index contributed by atoms with van der Waals surface area (Å²) in [5.74, 6) is -0.263. The van der Waals surface area contributed by atoms with Crippen LogP contribution in [0.25, 0.3) is 0 Å². The molecule has 2 aromatic rings. The molecule has 0 amide bonds. The molecule has 0 saturated heterocycles. The summed E-state index contributed by atoms with van der Waals surface area (Å²) in [6, 6.07) is 10.6. The van der Waals surface area contributed by atoms with Gasteiger partial charge in [-0.2, -0.15) is 15.0 Å². The second-order valence-corrected chi connectivity index (χ2v) is 4.26. The van der Waals surface area contributed by atoms with Crippen molar-refractivity contribution in [3.05, 3.63) is 41.5 Å². The van der Waals surface area contributed by atoms with Gasteiger partial charge in [-0.15, -0.1) is 11.8 Å². The van der Waals surface area contributed by atoms with Crippen molar-refractivity contribution in [2.75, 3.05) is 12.0 Å². The number of hydrogen-bond acceptors (Lipinski definition) is 5. The molecule has 1 aromatic heterocycles. The van der Waals surface area contributed by atoms with Gasteiger partial charge in [0.25, 0.3) is 5.91 Å². The molecule has 18 heavy (non-hydrogen) atoms. The number of nitrogens with zero attached hydrogens (tertiary/aromatic N) is 3. The smallest absolute Gasteiger partial charge is 0.280 e. The second-order valence-electron chi connectivity index (χ2n) is 3.46. The van der Waals surface area contributed by atoms with Crippen LogP contribution in [0.5, 0.6) is 0 Å². The topological polar surface area (TPSA) is 84.7 Å². The van der Waals surface area contributed by atoms with Gasteiger partial charge < -0.3 is 5.73 Å². The molecule has 0 radical (unpaired) electrons. The van der Waals surface area contributed by atoms with E-state index in [4.69, 9.17) is 11.0 Å². The molecule has 90 valence electrons. The molecule has 5 nitrogen and oxygen atoms in total. The minimum atomic E-state index is -0.343. The van der Waals surface area contributed by atoms with Crippen LogP contribution >= 0.6 is 11.8 Å². The molecule has 0 unspecified atom stereocenters. The maximum atomic E-state index is 12.2. The van der Waals surface area contributed by atoms with Crippen LogP contribution < -0.4 is 5.73 Å². The van der Waals surface area contributed by atoms with Crippen LogP contribution in [-0.4, -0.2) is 21.9 Å². The van der Waals surface area contributed by atoms with Crippen LogP contribution in [0.2, 0.25) is 0 Å². The number of anilines is 1. The summed E-state index contributed by atoms with van der Waals surface area (Å²) in [7, 11) is 0. The Morgan fingerprint density at radius 1 is 1.44 bits per heavy atom. The molecular weight excluding hydrogens is 248 g/mol. The lowest BCUT2D eigenvalue weighted by atomic mass is 10.2. The number of hydrogen-bond donors (Lipinski definition) is 1. The molecule has 2 rings (SSSR count). The van der Waals surface area contributed by atoms with Gasteiger partial charge in [-0.25, -0.2) is 0 Å². The molecule has 0 aliphatic carbocycles. The van der Waals surface area contributed by atoms with Gasteiger partial charge in [-0.05, 0) is 18.4 Å². The third kappa shape index (κ3) is 1.96. The monoisotopic (exact) mass is 258 g/mol. The number of carbonyl (C=O) groups excluding carboxylic acids is 1. The average Bonchev–Trinajstić information content (AvgIpc) is 2.75. The van der Waals surface area contributed by atoms with Crippen LogP contribution in [0.1, 0.15) is 15.9 Å². The number of carbonyl (C=O) groups is 1. The van der Waals surface area contributed by atoms with Crippen molar-refractivity contribution in [3.8, 4) is 6.07 Å². The normalized spacial score (nSPS) is 10.0. The highest BCUT2D eigenvalue weighted by Crippen LogP contribution is 2.24. The molecule has 0 spiro atoms. The van der Waals surface area contributed by atoms with Crippen molar-refractivity contribution in [1.82, 2.24) is 9.78 Å². The summed E-state index contributed by atoms with van der Waals surface area (Å²) < 4.78 is 1.07. The molecule has 6 heteroatoms. The first-order chi connectivity index (χ1) is 8.69. The summed E-state index contributed by atoms with van der Waals surface area (Å²) >= 11 is 1.28. The predicted octanol–water partition coefficient (Wildman–Crippen LogP) is 1.75. The number of thioether (sulfide) groups is 1. The van der Waals surface area contributed by atoms with E-state index in [2.05, 4.69) is 5.10 Å². The Balaban J connectivity index is 2.50. The van der Waals surface area contributed by atoms with Crippen LogP contribution in [0, 0.1) is 11.3 Å². The Hall–Kier alpha value is -2.26. The van der Waals surface area contributed by atoms with E-state index in [1.165, 1.54) is 11.8 Å². The third-order valence-corrected chi connectivity index (χ3v) is 3.08. The van der Waals surface area contributed by atoms with E-state index in [-0.39, 0.29) is 17.3 Å². The van der Waals surface area contributed by atoms with Crippen LogP contribution in [0.4, 0.5) is 5.82 Å². The Kier molecular flexibility index (Phi) is 3.35. The summed E-state index contributed by atoms with van der Waals surface area (Å²) in [6.45, 7) is 0. The number of nitrogen functional groups attached to an aromatic ring is 1. The van der Waals surface area contributed by atoms with Gasteiger partial charge in [0.05, 0.1) is 0 Å². The van der Waals surface area contributed by atoms with Gasteiger partial charge in [0.1, 0.15) is 22.5 Å². The van der Waals surface area contributed by atoms with E-state index >= 15 is 0 Å². The lowest BCUT2D eigenvalue weighted by Gasteiger charge is -2.01. The first kappa shape index (κ1) is 12.2. The Labute approximate surface area is 108 Å². The lowest BCUT2D eigenvalue weighted by molar-refractivity contribution is 0.0946. The predicted molar refractivity (Wildman–Crippen MR) is 69.3 cm³/mol. The van der Waals surface area contributed by atoms with E-state index < -0.39 is 0 Å². The molecule has 1 heterocycles. The van der Waals surface area contributed by atoms with Crippen LogP contribution in [0.3, 0.4) is 0 Å². The summed E-state index contributed by atoms with van der Waals surface area (Å²) in [4.78, 5) is 12.2.